The Bertz CT molecular complexity index is 1990. The van der Waals surface area contributed by atoms with Gasteiger partial charge >= 0.3 is 5.97 Å². The molecule has 0 heterocycles. The lowest BCUT2D eigenvalue weighted by Gasteiger charge is -2.22. The summed E-state index contributed by atoms with van der Waals surface area (Å²) in [6.45, 7) is 15.4. The van der Waals surface area contributed by atoms with Crippen molar-refractivity contribution in [3.8, 4) is 0 Å². The molecule has 0 saturated carbocycles. The van der Waals surface area contributed by atoms with Gasteiger partial charge in [-0.3, -0.25) is 27.2 Å². The Hall–Kier alpha value is -5.25. The molecule has 0 aliphatic heterocycles. The predicted octanol–water partition coefficient (Wildman–Crippen LogP) is 8.26. The zero-order valence-electron chi connectivity index (χ0n) is 36.9. The molecule has 0 bridgehead atoms. The van der Waals surface area contributed by atoms with Crippen LogP contribution in [0.5, 0.6) is 0 Å². The maximum absolute atomic E-state index is 13.3. The van der Waals surface area contributed by atoms with Crippen molar-refractivity contribution in [2.24, 2.45) is 0 Å². The fourth-order valence-electron chi connectivity index (χ4n) is 6.28. The first-order valence-electron chi connectivity index (χ1n) is 20.7. The Morgan fingerprint density at radius 1 is 0.623 bits per heavy atom. The summed E-state index contributed by atoms with van der Waals surface area (Å²) in [7, 11) is 0. The topological polar surface area (TPSA) is 158 Å². The van der Waals surface area contributed by atoms with Gasteiger partial charge in [-0.05, 0) is 129 Å². The summed E-state index contributed by atoms with van der Waals surface area (Å²) in [5.74, 6) is -3.82. The number of carbonyl (C=O) groups excluding carboxylic acids is 3. The molecule has 5 N–H and O–H groups in total. The van der Waals surface area contributed by atoms with Gasteiger partial charge < -0.3 is 30.5 Å². The number of aryl methyl sites for hydroxylation is 2. The van der Waals surface area contributed by atoms with Crippen molar-refractivity contribution in [1.82, 2.24) is 15.1 Å². The number of rotatable bonds is 17. The van der Waals surface area contributed by atoms with Gasteiger partial charge in [0, 0.05) is 68.0 Å². The number of carboxylic acid groups (broad SMARTS) is 1. The van der Waals surface area contributed by atoms with Crippen LogP contribution in [-0.2, 0) is 12.8 Å². The summed E-state index contributed by atoms with van der Waals surface area (Å²) >= 11 is -0.250. The van der Waals surface area contributed by atoms with E-state index >= 15 is 0 Å². The van der Waals surface area contributed by atoms with E-state index in [0.29, 0.717) is 73.4 Å². The van der Waals surface area contributed by atoms with E-state index in [1.54, 1.807) is 47.1 Å². The van der Waals surface area contributed by atoms with Crippen molar-refractivity contribution in [2.45, 2.75) is 80.1 Å². The van der Waals surface area contributed by atoms with E-state index in [-0.39, 0.29) is 42.6 Å². The highest BCUT2D eigenvalue weighted by molar-refractivity contribution is 7.73. The normalized spacial score (nSPS) is 10.4. The second kappa shape index (κ2) is 29.1. The van der Waals surface area contributed by atoms with Crippen molar-refractivity contribution in [3.63, 3.8) is 0 Å². The van der Waals surface area contributed by atoms with E-state index in [1.807, 2.05) is 34.6 Å². The summed E-state index contributed by atoms with van der Waals surface area (Å²) in [6.07, 6.45) is 4.44. The van der Waals surface area contributed by atoms with Crippen LogP contribution < -0.4 is 11.1 Å². The molecule has 61 heavy (non-hydrogen) atoms. The van der Waals surface area contributed by atoms with Crippen LogP contribution in [0.15, 0.2) is 72.8 Å². The van der Waals surface area contributed by atoms with E-state index < -0.39 is 29.2 Å². The number of halogens is 4. The number of carbonyl (C=O) groups is 4. The number of nitrogens with zero attached hydrogens (tertiary/aromatic N) is 2. The molecule has 10 nitrogen and oxygen atoms in total. The van der Waals surface area contributed by atoms with Crippen molar-refractivity contribution < 1.29 is 52.1 Å². The van der Waals surface area contributed by atoms with Crippen LogP contribution in [0.1, 0.15) is 117 Å². The monoisotopic (exact) mass is 874 g/mol. The second-order valence-corrected chi connectivity index (χ2v) is 14.2. The van der Waals surface area contributed by atoms with Gasteiger partial charge in [-0.1, -0.05) is 27.7 Å². The maximum atomic E-state index is 13.3. The lowest BCUT2D eigenvalue weighted by molar-refractivity contribution is -0.366. The molecule has 0 unspecified atom stereocenters. The first-order valence-corrected chi connectivity index (χ1v) is 20.6. The Kier molecular flexibility index (Phi) is 24.7. The van der Waals surface area contributed by atoms with Crippen LogP contribution in [0.4, 0.5) is 17.6 Å². The minimum Gasteiger partial charge on any atom is -0.802 e. The van der Waals surface area contributed by atoms with E-state index in [9.17, 15) is 36.7 Å². The van der Waals surface area contributed by atoms with Crippen molar-refractivity contribution >= 4 is 36.5 Å². The van der Waals surface area contributed by atoms with Gasteiger partial charge in [0.25, 0.3) is 17.7 Å². The molecule has 3 amide bonds. The van der Waals surface area contributed by atoms with Gasteiger partial charge in [0.15, 0.2) is 0 Å². The highest BCUT2D eigenvalue weighted by Crippen LogP contribution is 2.16. The number of nitrogens with one attached hydrogen (secondary N) is 1. The fraction of sp³-hybridized carbons (Fsp3) is 0.391. The molecule has 0 spiro atoms. The van der Waals surface area contributed by atoms with Gasteiger partial charge in [-0.2, -0.15) is 0 Å². The third-order valence-electron chi connectivity index (χ3n) is 8.72. The molecule has 0 radical (unpaired) electrons. The van der Waals surface area contributed by atoms with Gasteiger partial charge in [-0.25, -0.2) is 22.4 Å². The predicted molar refractivity (Wildman–Crippen MR) is 232 cm³/mol. The van der Waals surface area contributed by atoms with Crippen LogP contribution >= 0.6 is 12.8 Å². The largest absolute Gasteiger partial charge is 0.802 e. The van der Waals surface area contributed by atoms with Crippen LogP contribution in [0.2, 0.25) is 0 Å². The number of aromatic carboxylic acids is 1. The SMILES string of the molecule is CCCN(CCC)C(=O)c1cc(C)cc(C(=O)NCCc2cc(F)cc(F)c2)c1.CCCN(CCC)C(=O)c1cc(C)cc(C(=O)O)c1.[3H]S[O-].[NH3+]CCc1cc(F)cc(F)c1. The van der Waals surface area contributed by atoms with Crippen LogP contribution in [0, 0.1) is 37.1 Å². The Morgan fingerprint density at radius 2 is 0.967 bits per heavy atom. The van der Waals surface area contributed by atoms with Crippen molar-refractivity contribution in [2.75, 3.05) is 39.3 Å². The lowest BCUT2D eigenvalue weighted by Crippen LogP contribution is -2.51. The zero-order valence-corrected chi connectivity index (χ0v) is 36.7. The molecule has 0 fully saturated rings. The number of hydrogen-bond donors (Lipinski definition) is 4. The van der Waals surface area contributed by atoms with E-state index in [1.165, 1.54) is 30.3 Å². The molecule has 0 saturated heterocycles. The summed E-state index contributed by atoms with van der Waals surface area (Å²) in [6, 6.07) is 16.7. The number of amides is 3. The number of benzene rings is 4. The number of carboxylic acids is 1. The van der Waals surface area contributed by atoms with E-state index in [4.69, 9.17) is 10.8 Å². The Labute approximate surface area is 363 Å². The van der Waals surface area contributed by atoms with Gasteiger partial charge in [-0.15, -0.1) is 0 Å². The highest BCUT2D eigenvalue weighted by atomic mass is 32.1. The van der Waals surface area contributed by atoms with Gasteiger partial charge in [0.05, 0.1) is 13.2 Å². The number of quaternary nitrogens is 1. The zero-order chi connectivity index (χ0) is 46.8. The molecule has 0 aliphatic rings. The van der Waals surface area contributed by atoms with Crippen LogP contribution in [0.25, 0.3) is 0 Å². The molecule has 0 aliphatic carbocycles. The molecular weight excluding hydrogens is 813 g/mol. The smallest absolute Gasteiger partial charge is 0.335 e. The summed E-state index contributed by atoms with van der Waals surface area (Å²) in [5.41, 5.74) is 7.84. The molecule has 0 atom stereocenters. The lowest BCUT2D eigenvalue weighted by atomic mass is 10.0. The van der Waals surface area contributed by atoms with Crippen molar-refractivity contribution in [1.29, 1.82) is 1.12 Å². The highest BCUT2D eigenvalue weighted by Gasteiger charge is 2.18. The first-order chi connectivity index (χ1) is 29.5. The molecule has 4 aromatic rings. The average molecular weight is 875 g/mol. The first kappa shape index (κ1) is 51.9. The van der Waals surface area contributed by atoms with Gasteiger partial charge in [0.2, 0.25) is 0 Å². The molecule has 4 aromatic carbocycles. The molecular formula is C46H60F4N4O6S. The molecule has 0 aromatic heterocycles. The molecule has 15 heteroatoms. The Morgan fingerprint density at radius 3 is 1.33 bits per heavy atom. The quantitative estimate of drug-likeness (QED) is 0.0476. The fourth-order valence-corrected chi connectivity index (χ4v) is 6.28. The minimum absolute atomic E-state index is 0.0818. The third-order valence-corrected chi connectivity index (χ3v) is 8.72. The maximum Gasteiger partial charge on any atom is 0.335 e. The van der Waals surface area contributed by atoms with Crippen LogP contribution in [0.3, 0.4) is 0 Å². The van der Waals surface area contributed by atoms with Crippen molar-refractivity contribution in [3.05, 3.63) is 141 Å². The van der Waals surface area contributed by atoms with E-state index in [0.717, 1.165) is 48.9 Å². The van der Waals surface area contributed by atoms with E-state index in [2.05, 4.69) is 11.1 Å². The standard InChI is InChI=1S/C23H28F2N2O2.C15H21NO3.C8H9F2N.H2OS/c1-4-8-27(9-5-2)23(29)19-11-16(3)10-18(14-19)22(28)26-7-6-17-12-20(24)15-21(25)13-17;1-4-6-16(7-5-2)14(17)12-8-11(3)9-13(10-12)15(18)19;9-7-3-6(1-2-11)4-8(10)5-7;1-2/h10-15H,4-9H2,1-3H3,(H,26,28);8-10H,4-7H2,1-3H3,(H,18,19);3-5H,1-2,11H2;1-2H/i/hT. The minimum atomic E-state index is -1.00. The summed E-state index contributed by atoms with van der Waals surface area (Å²) in [4.78, 5) is 52.4. The summed E-state index contributed by atoms with van der Waals surface area (Å²) in [5, 5.41) is 11.8. The second-order valence-electron chi connectivity index (χ2n) is 14.2. The summed E-state index contributed by atoms with van der Waals surface area (Å²) < 4.78 is 65.6. The Balaban J connectivity index is 0.000000496. The molecule has 4 rings (SSSR count). The average Bonchev–Trinajstić information content (AvgIpc) is 3.20. The van der Waals surface area contributed by atoms with Crippen LogP contribution in [-0.4, -0.2) is 83.5 Å². The third kappa shape index (κ3) is 19.8. The number of hydrogen-bond acceptors (Lipinski definition) is 6. The number of thiol groups is 1. The molecule has 334 valence electrons. The van der Waals surface area contributed by atoms with Gasteiger partial charge in [0.1, 0.15) is 23.3 Å².